The molecule has 0 unspecified atom stereocenters. The lowest BCUT2D eigenvalue weighted by Gasteiger charge is -2.07. The standard InChI is InChI=1S/C24H19BrN6O3/c25-18-8-6-16(7-9-18)14-30-15-27-22-19(24(30)33)13-28-31(22)11-10-26-23(32)20-12-21(34-29-20)17-4-2-1-3-5-17/h1-9,12-13,15H,10-11,14H2,(H,26,32). The van der Waals surface area contributed by atoms with E-state index in [9.17, 15) is 9.59 Å². The minimum absolute atomic E-state index is 0.167. The molecular weight excluding hydrogens is 500 g/mol. The molecule has 0 saturated heterocycles. The normalized spacial score (nSPS) is 11.1. The number of fused-ring (bicyclic) bond motifs is 1. The van der Waals surface area contributed by atoms with Crippen molar-refractivity contribution in [1.82, 2.24) is 29.8 Å². The van der Waals surface area contributed by atoms with Gasteiger partial charge in [-0.1, -0.05) is 63.6 Å². The molecule has 0 aliphatic carbocycles. The zero-order valence-corrected chi connectivity index (χ0v) is 19.5. The molecule has 0 aliphatic rings. The van der Waals surface area contributed by atoms with Gasteiger partial charge in [0.15, 0.2) is 17.1 Å². The van der Waals surface area contributed by atoms with Gasteiger partial charge in [-0.25, -0.2) is 9.67 Å². The Morgan fingerprint density at radius 2 is 1.88 bits per heavy atom. The molecule has 0 atom stereocenters. The summed E-state index contributed by atoms with van der Waals surface area (Å²) in [5, 5.41) is 11.3. The molecule has 0 fully saturated rings. The number of carbonyl (C=O) groups is 1. The van der Waals surface area contributed by atoms with E-state index in [1.807, 2.05) is 54.6 Å². The van der Waals surface area contributed by atoms with Crippen molar-refractivity contribution < 1.29 is 9.32 Å². The smallest absolute Gasteiger partial charge is 0.273 e. The number of nitrogens with one attached hydrogen (secondary N) is 1. The lowest BCUT2D eigenvalue weighted by atomic mass is 10.1. The number of benzene rings is 2. The lowest BCUT2D eigenvalue weighted by Crippen LogP contribution is -2.28. The molecule has 0 aliphatic heterocycles. The fraction of sp³-hybridized carbons (Fsp3) is 0.125. The fourth-order valence-corrected chi connectivity index (χ4v) is 3.81. The van der Waals surface area contributed by atoms with Crippen molar-refractivity contribution in [1.29, 1.82) is 0 Å². The van der Waals surface area contributed by atoms with Gasteiger partial charge in [-0.05, 0) is 17.7 Å². The minimum atomic E-state index is -0.354. The van der Waals surface area contributed by atoms with Crippen LogP contribution in [0.5, 0.6) is 0 Å². The van der Waals surface area contributed by atoms with Crippen LogP contribution in [-0.4, -0.2) is 36.9 Å². The molecule has 34 heavy (non-hydrogen) atoms. The number of aromatic nitrogens is 5. The average molecular weight is 519 g/mol. The molecule has 0 bridgehead atoms. The molecule has 0 spiro atoms. The van der Waals surface area contributed by atoms with Crippen LogP contribution in [0, 0.1) is 0 Å². The second-order valence-corrected chi connectivity index (χ2v) is 8.52. The summed E-state index contributed by atoms with van der Waals surface area (Å²) in [6, 6.07) is 18.8. The maximum absolute atomic E-state index is 12.9. The van der Waals surface area contributed by atoms with Crippen LogP contribution in [0.4, 0.5) is 0 Å². The van der Waals surface area contributed by atoms with Crippen molar-refractivity contribution in [3.63, 3.8) is 0 Å². The summed E-state index contributed by atoms with van der Waals surface area (Å²) in [5.74, 6) is 0.166. The fourth-order valence-electron chi connectivity index (χ4n) is 3.55. The van der Waals surface area contributed by atoms with Gasteiger partial charge in [0.1, 0.15) is 11.7 Å². The number of carbonyl (C=O) groups excluding carboxylic acids is 1. The second kappa shape index (κ2) is 9.44. The van der Waals surface area contributed by atoms with Crippen LogP contribution in [0.1, 0.15) is 16.1 Å². The quantitative estimate of drug-likeness (QED) is 0.353. The maximum Gasteiger partial charge on any atom is 0.273 e. The van der Waals surface area contributed by atoms with Crippen LogP contribution in [0.3, 0.4) is 0 Å². The van der Waals surface area contributed by atoms with Crippen LogP contribution in [0.15, 0.2) is 87.0 Å². The Morgan fingerprint density at radius 1 is 1.09 bits per heavy atom. The third kappa shape index (κ3) is 4.53. The van der Waals surface area contributed by atoms with Crippen molar-refractivity contribution in [2.45, 2.75) is 13.1 Å². The highest BCUT2D eigenvalue weighted by atomic mass is 79.9. The predicted molar refractivity (Wildman–Crippen MR) is 129 cm³/mol. The Morgan fingerprint density at radius 3 is 2.68 bits per heavy atom. The zero-order chi connectivity index (χ0) is 23.5. The molecule has 10 heteroatoms. The number of amides is 1. The molecule has 3 heterocycles. The van der Waals surface area contributed by atoms with Gasteiger partial charge in [0.2, 0.25) is 0 Å². The summed E-state index contributed by atoms with van der Waals surface area (Å²) in [7, 11) is 0. The molecule has 170 valence electrons. The van der Waals surface area contributed by atoms with E-state index >= 15 is 0 Å². The van der Waals surface area contributed by atoms with Crippen LogP contribution < -0.4 is 10.9 Å². The maximum atomic E-state index is 12.9. The number of hydrogen-bond donors (Lipinski definition) is 1. The van der Waals surface area contributed by atoms with Gasteiger partial charge in [-0.15, -0.1) is 0 Å². The molecule has 3 aromatic heterocycles. The van der Waals surface area contributed by atoms with E-state index in [0.29, 0.717) is 29.9 Å². The molecule has 1 amide bonds. The van der Waals surface area contributed by atoms with Crippen LogP contribution in [-0.2, 0) is 13.1 Å². The van der Waals surface area contributed by atoms with E-state index in [4.69, 9.17) is 4.52 Å². The summed E-state index contributed by atoms with van der Waals surface area (Å²) in [4.78, 5) is 29.7. The van der Waals surface area contributed by atoms with Gasteiger partial charge < -0.3 is 9.84 Å². The molecular formula is C24H19BrN6O3. The monoisotopic (exact) mass is 518 g/mol. The van der Waals surface area contributed by atoms with Crippen molar-refractivity contribution in [2.24, 2.45) is 0 Å². The first-order valence-corrected chi connectivity index (χ1v) is 11.3. The Labute approximate surface area is 202 Å². The summed E-state index contributed by atoms with van der Waals surface area (Å²) < 4.78 is 9.40. The molecule has 5 rings (SSSR count). The van der Waals surface area contributed by atoms with Gasteiger partial charge in [-0.3, -0.25) is 14.2 Å². The SMILES string of the molecule is O=C(NCCn1ncc2c(=O)n(Cc3ccc(Br)cc3)cnc21)c1cc(-c2ccccc2)on1. The van der Waals surface area contributed by atoms with Crippen LogP contribution in [0.2, 0.25) is 0 Å². The number of rotatable bonds is 7. The molecule has 9 nitrogen and oxygen atoms in total. The van der Waals surface area contributed by atoms with E-state index in [0.717, 1.165) is 15.6 Å². The molecule has 0 radical (unpaired) electrons. The van der Waals surface area contributed by atoms with E-state index in [1.165, 1.54) is 12.5 Å². The van der Waals surface area contributed by atoms with Gasteiger partial charge in [0, 0.05) is 22.6 Å². The number of hydrogen-bond acceptors (Lipinski definition) is 6. The minimum Gasteiger partial charge on any atom is -0.355 e. The first-order chi connectivity index (χ1) is 16.6. The Hall–Kier alpha value is -4.05. The largest absolute Gasteiger partial charge is 0.355 e. The van der Waals surface area contributed by atoms with Crippen LogP contribution in [0.25, 0.3) is 22.4 Å². The van der Waals surface area contributed by atoms with Gasteiger partial charge in [-0.2, -0.15) is 5.10 Å². The van der Waals surface area contributed by atoms with E-state index < -0.39 is 0 Å². The third-order valence-electron chi connectivity index (χ3n) is 5.30. The third-order valence-corrected chi connectivity index (χ3v) is 5.83. The second-order valence-electron chi connectivity index (χ2n) is 7.61. The topological polar surface area (TPSA) is 108 Å². The molecule has 0 saturated carbocycles. The summed E-state index contributed by atoms with van der Waals surface area (Å²) in [6.45, 7) is 1.05. The molecule has 2 aromatic carbocycles. The average Bonchev–Trinajstić information content (AvgIpc) is 3.51. The van der Waals surface area contributed by atoms with E-state index in [1.54, 1.807) is 15.3 Å². The van der Waals surface area contributed by atoms with E-state index in [2.05, 4.69) is 36.5 Å². The molecule has 5 aromatic rings. The highest BCUT2D eigenvalue weighted by molar-refractivity contribution is 9.10. The Bertz CT molecular complexity index is 1510. The summed E-state index contributed by atoms with van der Waals surface area (Å²) in [6.07, 6.45) is 3.03. The Balaban J connectivity index is 1.24. The van der Waals surface area contributed by atoms with Gasteiger partial charge in [0.05, 0.1) is 19.3 Å². The first-order valence-electron chi connectivity index (χ1n) is 10.5. The van der Waals surface area contributed by atoms with Crippen LogP contribution >= 0.6 is 15.9 Å². The zero-order valence-electron chi connectivity index (χ0n) is 17.9. The number of nitrogens with zero attached hydrogens (tertiary/aromatic N) is 5. The predicted octanol–water partition coefficient (Wildman–Crippen LogP) is 3.49. The summed E-state index contributed by atoms with van der Waals surface area (Å²) in [5.41, 5.74) is 2.33. The van der Waals surface area contributed by atoms with Crippen molar-refractivity contribution in [3.05, 3.63) is 99.3 Å². The van der Waals surface area contributed by atoms with Crippen molar-refractivity contribution in [3.8, 4) is 11.3 Å². The van der Waals surface area contributed by atoms with Gasteiger partial charge in [0.25, 0.3) is 11.5 Å². The lowest BCUT2D eigenvalue weighted by molar-refractivity contribution is 0.0943. The van der Waals surface area contributed by atoms with E-state index in [-0.39, 0.29) is 23.7 Å². The first kappa shape index (κ1) is 21.8. The number of halogens is 1. The molecule has 1 N–H and O–H groups in total. The van der Waals surface area contributed by atoms with Gasteiger partial charge >= 0.3 is 0 Å². The van der Waals surface area contributed by atoms with Crippen molar-refractivity contribution in [2.75, 3.05) is 6.54 Å². The highest BCUT2D eigenvalue weighted by Crippen LogP contribution is 2.19. The van der Waals surface area contributed by atoms with Crippen molar-refractivity contribution >= 4 is 32.9 Å². The Kier molecular flexibility index (Phi) is 6.05. The summed E-state index contributed by atoms with van der Waals surface area (Å²) >= 11 is 3.41. The highest BCUT2D eigenvalue weighted by Gasteiger charge is 2.14.